The summed E-state index contributed by atoms with van der Waals surface area (Å²) in [7, 11) is 0. The molecule has 0 aliphatic rings. The van der Waals surface area contributed by atoms with Gasteiger partial charge in [0.15, 0.2) is 0 Å². The lowest BCUT2D eigenvalue weighted by atomic mass is 10.2. The molecule has 0 saturated carbocycles. The minimum absolute atomic E-state index is 0.0886. The van der Waals surface area contributed by atoms with Crippen LogP contribution in [-0.4, -0.2) is 22.5 Å². The van der Waals surface area contributed by atoms with Crippen LogP contribution in [0.1, 0.15) is 21.5 Å². The Morgan fingerprint density at radius 2 is 1.88 bits per heavy atom. The van der Waals surface area contributed by atoms with E-state index in [1.807, 2.05) is 13.0 Å². The predicted molar refractivity (Wildman–Crippen MR) is 93.7 cm³/mol. The van der Waals surface area contributed by atoms with Crippen molar-refractivity contribution >= 4 is 5.97 Å². The predicted octanol–water partition coefficient (Wildman–Crippen LogP) is 4.12. The van der Waals surface area contributed by atoms with Gasteiger partial charge in [0, 0.05) is 24.9 Å². The highest BCUT2D eigenvalue weighted by molar-refractivity contribution is 5.89. The van der Waals surface area contributed by atoms with Crippen LogP contribution in [0.5, 0.6) is 11.6 Å². The second-order valence-corrected chi connectivity index (χ2v) is 5.65. The zero-order chi connectivity index (χ0) is 18.4. The SMILES string of the molecule is Cc1ccc(Oc2ccc(C(=O)OCCc3ccncc3F)cc2)nc1. The number of nitrogens with zero attached hydrogens (tertiary/aromatic N) is 2. The highest BCUT2D eigenvalue weighted by atomic mass is 19.1. The van der Waals surface area contributed by atoms with Crippen LogP contribution in [0.4, 0.5) is 4.39 Å². The average molecular weight is 352 g/mol. The van der Waals surface area contributed by atoms with Gasteiger partial charge in [0.05, 0.1) is 18.4 Å². The van der Waals surface area contributed by atoms with Gasteiger partial charge in [-0.05, 0) is 48.4 Å². The lowest BCUT2D eigenvalue weighted by molar-refractivity contribution is 0.0508. The van der Waals surface area contributed by atoms with Crippen LogP contribution >= 0.6 is 0 Å². The molecule has 6 heteroatoms. The van der Waals surface area contributed by atoms with Gasteiger partial charge in [-0.1, -0.05) is 6.07 Å². The number of ether oxygens (including phenoxy) is 2. The van der Waals surface area contributed by atoms with Crippen LogP contribution in [0.3, 0.4) is 0 Å². The van der Waals surface area contributed by atoms with Gasteiger partial charge in [0.25, 0.3) is 0 Å². The minimum Gasteiger partial charge on any atom is -0.462 e. The number of pyridine rings is 2. The van der Waals surface area contributed by atoms with E-state index < -0.39 is 11.8 Å². The molecule has 132 valence electrons. The molecular formula is C20H17FN2O3. The van der Waals surface area contributed by atoms with E-state index in [-0.39, 0.29) is 6.61 Å². The number of carbonyl (C=O) groups excluding carboxylic acids is 1. The molecule has 2 aromatic heterocycles. The molecule has 3 rings (SSSR count). The summed E-state index contributed by atoms with van der Waals surface area (Å²) in [5.74, 6) is 0.163. The first kappa shape index (κ1) is 17.5. The first-order chi connectivity index (χ1) is 12.6. The number of benzene rings is 1. The second kappa shape index (κ2) is 8.20. The van der Waals surface area contributed by atoms with Gasteiger partial charge < -0.3 is 9.47 Å². The zero-order valence-corrected chi connectivity index (χ0v) is 14.2. The van der Waals surface area contributed by atoms with Gasteiger partial charge in [-0.3, -0.25) is 4.98 Å². The Balaban J connectivity index is 1.53. The van der Waals surface area contributed by atoms with Gasteiger partial charge in [-0.2, -0.15) is 0 Å². The lowest BCUT2D eigenvalue weighted by Gasteiger charge is -2.07. The maximum Gasteiger partial charge on any atom is 0.338 e. The fourth-order valence-corrected chi connectivity index (χ4v) is 2.24. The van der Waals surface area contributed by atoms with Crippen molar-refractivity contribution in [1.29, 1.82) is 0 Å². The number of hydrogen-bond donors (Lipinski definition) is 0. The third kappa shape index (κ3) is 4.63. The highest BCUT2D eigenvalue weighted by Crippen LogP contribution is 2.20. The van der Waals surface area contributed by atoms with Crippen molar-refractivity contribution in [3.63, 3.8) is 0 Å². The van der Waals surface area contributed by atoms with E-state index >= 15 is 0 Å². The van der Waals surface area contributed by atoms with Crippen LogP contribution in [0, 0.1) is 12.7 Å². The Labute approximate surface area is 150 Å². The fourth-order valence-electron chi connectivity index (χ4n) is 2.24. The monoisotopic (exact) mass is 352 g/mol. The number of hydrogen-bond acceptors (Lipinski definition) is 5. The first-order valence-electron chi connectivity index (χ1n) is 8.08. The maximum absolute atomic E-state index is 13.5. The van der Waals surface area contributed by atoms with Crippen molar-refractivity contribution in [2.75, 3.05) is 6.61 Å². The van der Waals surface area contributed by atoms with Crippen molar-refractivity contribution in [2.45, 2.75) is 13.3 Å². The maximum atomic E-state index is 13.5. The van der Waals surface area contributed by atoms with Gasteiger partial charge in [0.2, 0.25) is 5.88 Å². The largest absolute Gasteiger partial charge is 0.462 e. The summed E-state index contributed by atoms with van der Waals surface area (Å²) in [6.07, 6.45) is 4.65. The average Bonchev–Trinajstić information content (AvgIpc) is 2.66. The van der Waals surface area contributed by atoms with Crippen molar-refractivity contribution in [3.8, 4) is 11.6 Å². The minimum atomic E-state index is -0.473. The van der Waals surface area contributed by atoms with Gasteiger partial charge >= 0.3 is 5.97 Å². The first-order valence-corrected chi connectivity index (χ1v) is 8.08. The van der Waals surface area contributed by atoms with E-state index in [0.29, 0.717) is 29.2 Å². The third-order valence-corrected chi connectivity index (χ3v) is 3.66. The Morgan fingerprint density at radius 1 is 1.08 bits per heavy atom. The molecule has 0 aliphatic carbocycles. The Hall–Kier alpha value is -3.28. The molecule has 0 N–H and O–H groups in total. The summed E-state index contributed by atoms with van der Waals surface area (Å²) in [4.78, 5) is 19.9. The van der Waals surface area contributed by atoms with Gasteiger partial charge in [-0.15, -0.1) is 0 Å². The zero-order valence-electron chi connectivity index (χ0n) is 14.2. The van der Waals surface area contributed by atoms with Crippen LogP contribution in [0.2, 0.25) is 0 Å². The molecule has 26 heavy (non-hydrogen) atoms. The molecule has 0 amide bonds. The molecular weight excluding hydrogens is 335 g/mol. The van der Waals surface area contributed by atoms with Crippen LogP contribution in [0.15, 0.2) is 61.1 Å². The third-order valence-electron chi connectivity index (χ3n) is 3.66. The van der Waals surface area contributed by atoms with Crippen LogP contribution in [0.25, 0.3) is 0 Å². The number of carbonyl (C=O) groups is 1. The van der Waals surface area contributed by atoms with E-state index in [9.17, 15) is 9.18 Å². The van der Waals surface area contributed by atoms with Crippen LogP contribution < -0.4 is 4.74 Å². The molecule has 1 aromatic carbocycles. The second-order valence-electron chi connectivity index (χ2n) is 5.65. The Bertz CT molecular complexity index is 880. The fraction of sp³-hybridized carbons (Fsp3) is 0.150. The molecule has 3 aromatic rings. The summed E-state index contributed by atoms with van der Waals surface area (Å²) in [6, 6.07) is 11.8. The summed E-state index contributed by atoms with van der Waals surface area (Å²) in [6.45, 7) is 2.03. The van der Waals surface area contributed by atoms with E-state index in [1.54, 1.807) is 42.6 Å². The van der Waals surface area contributed by atoms with E-state index in [4.69, 9.17) is 9.47 Å². The van der Waals surface area contributed by atoms with E-state index in [2.05, 4.69) is 9.97 Å². The molecule has 2 heterocycles. The number of rotatable bonds is 6. The molecule has 0 atom stereocenters. The quantitative estimate of drug-likeness (QED) is 0.625. The normalized spacial score (nSPS) is 10.4. The Morgan fingerprint density at radius 3 is 2.58 bits per heavy atom. The van der Waals surface area contributed by atoms with Gasteiger partial charge in [0.1, 0.15) is 11.6 Å². The number of esters is 1. The molecule has 0 bridgehead atoms. The smallest absolute Gasteiger partial charge is 0.338 e. The van der Waals surface area contributed by atoms with E-state index in [1.165, 1.54) is 6.20 Å². The molecule has 0 saturated heterocycles. The molecule has 0 unspecified atom stereocenters. The van der Waals surface area contributed by atoms with E-state index in [0.717, 1.165) is 11.8 Å². The van der Waals surface area contributed by atoms with Crippen molar-refractivity contribution in [3.05, 3.63) is 83.6 Å². The summed E-state index contributed by atoms with van der Waals surface area (Å²) < 4.78 is 24.2. The van der Waals surface area contributed by atoms with Gasteiger partial charge in [-0.25, -0.2) is 14.2 Å². The topological polar surface area (TPSA) is 61.3 Å². The van der Waals surface area contributed by atoms with Crippen molar-refractivity contribution in [2.24, 2.45) is 0 Å². The standard InChI is InChI=1S/C20H17FN2O3/c1-14-2-7-19(23-12-14)26-17-5-3-16(4-6-17)20(24)25-11-9-15-8-10-22-13-18(15)21/h2-8,10,12-13H,9,11H2,1H3. The highest BCUT2D eigenvalue weighted by Gasteiger charge is 2.09. The molecule has 0 radical (unpaired) electrons. The van der Waals surface area contributed by atoms with Crippen LogP contribution in [-0.2, 0) is 11.2 Å². The van der Waals surface area contributed by atoms with Crippen molar-refractivity contribution in [1.82, 2.24) is 9.97 Å². The summed E-state index contributed by atoms with van der Waals surface area (Å²) in [5, 5.41) is 0. The number of aromatic nitrogens is 2. The Kier molecular flexibility index (Phi) is 5.53. The number of halogens is 1. The summed E-state index contributed by atoms with van der Waals surface area (Å²) >= 11 is 0. The molecule has 0 aliphatic heterocycles. The molecule has 0 fully saturated rings. The summed E-state index contributed by atoms with van der Waals surface area (Å²) in [5.41, 5.74) is 1.90. The molecule has 0 spiro atoms. The number of aryl methyl sites for hydroxylation is 1. The lowest BCUT2D eigenvalue weighted by Crippen LogP contribution is -2.08. The molecule has 5 nitrogen and oxygen atoms in total. The van der Waals surface area contributed by atoms with Crippen molar-refractivity contribution < 1.29 is 18.7 Å².